The molecule has 2 radical (unpaired) electrons. The minimum absolute atomic E-state index is 0.303. The van der Waals surface area contributed by atoms with Crippen LogP contribution in [0.5, 0.6) is 0 Å². The van der Waals surface area contributed by atoms with Gasteiger partial charge in [-0.1, -0.05) is 12.0 Å². The summed E-state index contributed by atoms with van der Waals surface area (Å²) in [6.45, 7) is 6.31. The molecule has 0 saturated heterocycles. The van der Waals surface area contributed by atoms with Crippen molar-refractivity contribution in [3.05, 3.63) is 11.5 Å². The van der Waals surface area contributed by atoms with E-state index in [0.29, 0.717) is 24.7 Å². The molecule has 0 aromatic heterocycles. The third-order valence-electron chi connectivity index (χ3n) is 4.78. The highest BCUT2D eigenvalue weighted by atomic mass is 16.5. The quantitative estimate of drug-likeness (QED) is 0.287. The van der Waals surface area contributed by atoms with Crippen LogP contribution in [0.1, 0.15) is 47.0 Å². The summed E-state index contributed by atoms with van der Waals surface area (Å²) in [7, 11) is 7.00. The minimum Gasteiger partial charge on any atom is -0.459 e. The third kappa shape index (κ3) is 5.66. The number of methoxy groups -OCH3 is 1. The monoisotopic (exact) mass is 334 g/mol. The van der Waals surface area contributed by atoms with Gasteiger partial charge in [0, 0.05) is 5.92 Å². The van der Waals surface area contributed by atoms with E-state index in [4.69, 9.17) is 18.1 Å². The van der Waals surface area contributed by atoms with Crippen molar-refractivity contribution in [3.8, 4) is 11.8 Å². The molecule has 0 bridgehead atoms. The Morgan fingerprint density at radius 3 is 2.25 bits per heavy atom. The lowest BCUT2D eigenvalue weighted by Crippen LogP contribution is -2.44. The maximum Gasteiger partial charge on any atom is 0.384 e. The van der Waals surface area contributed by atoms with Gasteiger partial charge >= 0.3 is 5.97 Å². The molecule has 2 rings (SSSR count). The van der Waals surface area contributed by atoms with E-state index in [9.17, 15) is 9.90 Å². The van der Waals surface area contributed by atoms with Crippen LogP contribution in [-0.4, -0.2) is 53.0 Å². The molecule has 0 aliphatic heterocycles. The molecule has 132 valence electrons. The van der Waals surface area contributed by atoms with E-state index in [1.165, 1.54) is 7.11 Å². The first-order chi connectivity index (χ1) is 10.8. The summed E-state index contributed by atoms with van der Waals surface area (Å²) in [4.78, 5) is 10.9. The van der Waals surface area contributed by atoms with Crippen LogP contribution in [0.4, 0.5) is 0 Å². The summed E-state index contributed by atoms with van der Waals surface area (Å²) in [5.74, 6) is 4.98. The van der Waals surface area contributed by atoms with Gasteiger partial charge in [0.25, 0.3) is 0 Å². The smallest absolute Gasteiger partial charge is 0.384 e. The summed E-state index contributed by atoms with van der Waals surface area (Å²) in [6, 6.07) is 0. The van der Waals surface area contributed by atoms with Gasteiger partial charge in [0.1, 0.15) is 13.4 Å². The average molecular weight is 334 g/mol. The second-order valence-electron chi connectivity index (χ2n) is 7.67. The number of aliphatic hydroxyl groups is 3. The number of allylic oxidation sites excluding steroid dienone is 2. The molecule has 5 nitrogen and oxygen atoms in total. The predicted octanol–water partition coefficient (Wildman–Crippen LogP) is 0.904. The van der Waals surface area contributed by atoms with E-state index in [0.717, 1.165) is 11.9 Å². The van der Waals surface area contributed by atoms with E-state index in [1.54, 1.807) is 27.7 Å². The third-order valence-corrected chi connectivity index (χ3v) is 4.78. The zero-order valence-corrected chi connectivity index (χ0v) is 15.1. The Kier molecular flexibility index (Phi) is 6.32. The van der Waals surface area contributed by atoms with Gasteiger partial charge in [-0.3, -0.25) is 0 Å². The van der Waals surface area contributed by atoms with Crippen LogP contribution in [0.2, 0.25) is 0 Å². The number of carbonyl (C=O) groups is 1. The highest BCUT2D eigenvalue weighted by Crippen LogP contribution is 2.46. The van der Waals surface area contributed by atoms with Crippen LogP contribution in [0, 0.1) is 23.7 Å². The number of ether oxygens (including phenoxy) is 1. The highest BCUT2D eigenvalue weighted by Gasteiger charge is 2.44. The molecule has 6 heteroatoms. The van der Waals surface area contributed by atoms with Crippen molar-refractivity contribution in [3.63, 3.8) is 0 Å². The molecule has 0 aromatic carbocycles. The van der Waals surface area contributed by atoms with Crippen LogP contribution in [0.15, 0.2) is 11.5 Å². The van der Waals surface area contributed by atoms with E-state index in [-0.39, 0.29) is 0 Å². The van der Waals surface area contributed by atoms with Gasteiger partial charge < -0.3 is 20.1 Å². The summed E-state index contributed by atoms with van der Waals surface area (Å²) in [6.07, 6.45) is 3.97. The molecule has 24 heavy (non-hydrogen) atoms. The van der Waals surface area contributed by atoms with Gasteiger partial charge in [0.05, 0.1) is 18.3 Å². The van der Waals surface area contributed by atoms with Crippen molar-refractivity contribution in [2.24, 2.45) is 11.8 Å². The topological polar surface area (TPSA) is 87.0 Å². The number of esters is 1. The molecule has 1 saturated carbocycles. The molecule has 0 spiro atoms. The van der Waals surface area contributed by atoms with Gasteiger partial charge in [-0.05, 0) is 58.8 Å². The number of fused-ring (bicyclic) bond motifs is 1. The number of rotatable bonds is 1. The Labute approximate surface area is 145 Å². The Morgan fingerprint density at radius 2 is 1.83 bits per heavy atom. The normalized spacial score (nSPS) is 28.8. The van der Waals surface area contributed by atoms with Gasteiger partial charge in [-0.25, -0.2) is 4.79 Å². The Bertz CT molecular complexity index is 547. The molecular formula is C18H27BO5. The lowest BCUT2D eigenvalue weighted by atomic mass is 9.90. The van der Waals surface area contributed by atoms with E-state index in [2.05, 4.69) is 16.6 Å². The zero-order chi connectivity index (χ0) is 18.8. The van der Waals surface area contributed by atoms with E-state index in [1.807, 2.05) is 6.08 Å². The van der Waals surface area contributed by atoms with Crippen molar-refractivity contribution in [1.82, 2.24) is 0 Å². The number of hydrogen-bond acceptors (Lipinski definition) is 5. The number of carbonyl (C=O) groups excluding carboxylic acids is 1. The van der Waals surface area contributed by atoms with Crippen molar-refractivity contribution in [1.29, 1.82) is 0 Å². The lowest BCUT2D eigenvalue weighted by Gasteiger charge is -2.31. The highest BCUT2D eigenvalue weighted by molar-refractivity contribution is 6.21. The van der Waals surface area contributed by atoms with Crippen LogP contribution in [0.3, 0.4) is 0 Å². The molecule has 0 amide bonds. The van der Waals surface area contributed by atoms with Gasteiger partial charge in [-0.15, -0.1) is 5.47 Å². The van der Waals surface area contributed by atoms with Crippen molar-refractivity contribution < 1.29 is 24.9 Å². The van der Waals surface area contributed by atoms with E-state index < -0.39 is 22.8 Å². The second-order valence-corrected chi connectivity index (χ2v) is 7.67. The van der Waals surface area contributed by atoms with Gasteiger partial charge in [0.15, 0.2) is 0 Å². The van der Waals surface area contributed by atoms with Crippen LogP contribution < -0.4 is 0 Å². The fourth-order valence-electron chi connectivity index (χ4n) is 2.61. The fraction of sp³-hybridized carbons (Fsp3) is 0.722. The summed E-state index contributed by atoms with van der Waals surface area (Å²) < 4.78 is 4.41. The Morgan fingerprint density at radius 1 is 1.29 bits per heavy atom. The molecule has 1 fully saturated rings. The first-order valence-corrected chi connectivity index (χ1v) is 8.02. The standard InChI is InChI=1S/C12H13BO3.C6H14O2/c1-16-11(14)2-3-12(15)6-8-4-10(13)5-9(8)7-12;1-5(2,7)6(3,4)8/h4,8-9,15H,5-7H2,1H3;7-8H,1-4H3. The summed E-state index contributed by atoms with van der Waals surface area (Å²) in [5, 5.41) is 28.4. The molecule has 0 aromatic rings. The number of hydrogen-bond donors (Lipinski definition) is 3. The van der Waals surface area contributed by atoms with E-state index >= 15 is 0 Å². The van der Waals surface area contributed by atoms with Crippen LogP contribution in [-0.2, 0) is 9.53 Å². The van der Waals surface area contributed by atoms with Crippen molar-refractivity contribution in [2.45, 2.75) is 63.8 Å². The SMILES string of the molecule is CC(C)(O)C(C)(C)O.[B]C1=CC2CC(O)(C#CC(=O)OC)CC2C1. The second kappa shape index (κ2) is 7.31. The Balaban J connectivity index is 0.000000307. The molecule has 0 heterocycles. The summed E-state index contributed by atoms with van der Waals surface area (Å²) in [5.41, 5.74) is -2.17. The molecule has 2 aliphatic rings. The molecular weight excluding hydrogens is 307 g/mol. The van der Waals surface area contributed by atoms with Crippen molar-refractivity contribution in [2.75, 3.05) is 7.11 Å². The molecule has 3 unspecified atom stereocenters. The minimum atomic E-state index is -1.05. The first kappa shape index (κ1) is 20.8. The predicted molar refractivity (Wildman–Crippen MR) is 92.0 cm³/mol. The zero-order valence-electron chi connectivity index (χ0n) is 15.1. The average Bonchev–Trinajstić information content (AvgIpc) is 2.87. The lowest BCUT2D eigenvalue weighted by molar-refractivity contribution is -0.133. The summed E-state index contributed by atoms with van der Waals surface area (Å²) >= 11 is 0. The van der Waals surface area contributed by atoms with Crippen LogP contribution >= 0.6 is 0 Å². The Hall–Kier alpha value is -1.29. The van der Waals surface area contributed by atoms with Crippen LogP contribution in [0.25, 0.3) is 0 Å². The fourth-order valence-corrected chi connectivity index (χ4v) is 2.61. The van der Waals surface area contributed by atoms with Gasteiger partial charge in [0.2, 0.25) is 0 Å². The largest absolute Gasteiger partial charge is 0.459 e. The first-order valence-electron chi connectivity index (χ1n) is 8.02. The molecule has 3 N–H and O–H groups in total. The maximum atomic E-state index is 10.9. The molecule has 3 atom stereocenters. The van der Waals surface area contributed by atoms with Gasteiger partial charge in [-0.2, -0.15) is 0 Å². The van der Waals surface area contributed by atoms with Crippen molar-refractivity contribution >= 4 is 13.8 Å². The molecule has 2 aliphatic carbocycles. The maximum absolute atomic E-state index is 10.9.